The van der Waals surface area contributed by atoms with Gasteiger partial charge in [-0.25, -0.2) is 18.4 Å². The average Bonchev–Trinajstić information content (AvgIpc) is 3.46. The Morgan fingerprint density at radius 3 is 2.55 bits per heavy atom. The summed E-state index contributed by atoms with van der Waals surface area (Å²) < 4.78 is 31.1. The second-order valence-electron chi connectivity index (χ2n) is 7.58. The van der Waals surface area contributed by atoms with E-state index >= 15 is 0 Å². The van der Waals surface area contributed by atoms with Crippen molar-refractivity contribution in [3.8, 4) is 0 Å². The molecule has 2 aromatic heterocycles. The summed E-state index contributed by atoms with van der Waals surface area (Å²) in [5.74, 6) is -1.60. The van der Waals surface area contributed by atoms with Crippen LogP contribution in [0, 0.1) is 11.6 Å². The molecule has 0 saturated heterocycles. The molecule has 2 unspecified atom stereocenters. The summed E-state index contributed by atoms with van der Waals surface area (Å²) in [7, 11) is 0. The average molecular weight is 490 g/mol. The zero-order chi connectivity index (χ0) is 23.6. The fourth-order valence-corrected chi connectivity index (χ4v) is 3.83. The van der Waals surface area contributed by atoms with Gasteiger partial charge in [0.25, 0.3) is 0 Å². The third-order valence-corrected chi connectivity index (χ3v) is 6.13. The second kappa shape index (κ2) is 9.43. The van der Waals surface area contributed by atoms with Gasteiger partial charge < -0.3 is 5.11 Å². The molecular formula is C23H19Cl2F2N5O. The fourth-order valence-electron chi connectivity index (χ4n) is 3.52. The largest absolute Gasteiger partial charge is 0.381 e. The van der Waals surface area contributed by atoms with E-state index < -0.39 is 23.3 Å². The molecule has 0 aliphatic carbocycles. The molecule has 10 heteroatoms. The standard InChI is InChI=1S/C23H19Cl2F2N5O/c1-15(32-11-17(10-29-32)3-2-16-4-7-20(24)21(25)8-16)23(33,12-31-14-28-13-30-31)19-6-5-18(26)9-22(19)27/h2-11,13-15,33H,12H2,1H3. The molecule has 2 atom stereocenters. The van der Waals surface area contributed by atoms with Crippen LogP contribution in [0.5, 0.6) is 0 Å². The van der Waals surface area contributed by atoms with Crippen molar-refractivity contribution in [2.24, 2.45) is 0 Å². The summed E-state index contributed by atoms with van der Waals surface area (Å²) in [4.78, 5) is 3.88. The first kappa shape index (κ1) is 23.1. The number of rotatable bonds is 7. The molecule has 4 aromatic rings. The molecule has 0 saturated carbocycles. The lowest BCUT2D eigenvalue weighted by molar-refractivity contribution is -0.0369. The highest BCUT2D eigenvalue weighted by Crippen LogP contribution is 2.36. The van der Waals surface area contributed by atoms with E-state index in [1.165, 1.54) is 28.1 Å². The highest BCUT2D eigenvalue weighted by molar-refractivity contribution is 6.42. The fraction of sp³-hybridized carbons (Fsp3) is 0.174. The minimum absolute atomic E-state index is 0.0738. The van der Waals surface area contributed by atoms with E-state index in [0.29, 0.717) is 10.0 Å². The Bertz CT molecular complexity index is 1290. The molecule has 0 aliphatic heterocycles. The van der Waals surface area contributed by atoms with Crippen molar-refractivity contribution < 1.29 is 13.9 Å². The summed E-state index contributed by atoms with van der Waals surface area (Å²) in [5, 5.41) is 20.9. The lowest BCUT2D eigenvalue weighted by Crippen LogP contribution is -2.40. The van der Waals surface area contributed by atoms with Crippen LogP contribution in [0.25, 0.3) is 12.2 Å². The number of nitrogens with zero attached hydrogens (tertiary/aromatic N) is 5. The molecule has 0 spiro atoms. The Morgan fingerprint density at radius 1 is 1.06 bits per heavy atom. The van der Waals surface area contributed by atoms with E-state index in [2.05, 4.69) is 15.2 Å². The lowest BCUT2D eigenvalue weighted by Gasteiger charge is -2.34. The smallest absolute Gasteiger partial charge is 0.137 e. The second-order valence-corrected chi connectivity index (χ2v) is 8.39. The van der Waals surface area contributed by atoms with E-state index in [0.717, 1.165) is 23.3 Å². The van der Waals surface area contributed by atoms with Crippen molar-refractivity contribution in [1.29, 1.82) is 0 Å². The molecule has 170 valence electrons. The number of hydrogen-bond donors (Lipinski definition) is 1. The molecule has 1 N–H and O–H groups in total. The van der Waals surface area contributed by atoms with E-state index in [4.69, 9.17) is 23.2 Å². The van der Waals surface area contributed by atoms with Gasteiger partial charge in [-0.2, -0.15) is 10.2 Å². The van der Waals surface area contributed by atoms with Gasteiger partial charge in [0.1, 0.15) is 29.9 Å². The number of halogens is 4. The highest BCUT2D eigenvalue weighted by Gasteiger charge is 2.40. The van der Waals surface area contributed by atoms with E-state index in [1.54, 1.807) is 31.5 Å². The Hall–Kier alpha value is -3.07. The summed E-state index contributed by atoms with van der Waals surface area (Å²) in [6.07, 6.45) is 9.72. The normalized spacial score (nSPS) is 14.5. The molecule has 0 bridgehead atoms. The number of benzene rings is 2. The third kappa shape index (κ3) is 4.98. The maximum absolute atomic E-state index is 14.7. The minimum Gasteiger partial charge on any atom is -0.381 e. The topological polar surface area (TPSA) is 68.8 Å². The summed E-state index contributed by atoms with van der Waals surface area (Å²) in [5.41, 5.74) is -0.283. The van der Waals surface area contributed by atoms with E-state index in [1.807, 2.05) is 18.2 Å². The quantitative estimate of drug-likeness (QED) is 0.378. The van der Waals surface area contributed by atoms with Crippen molar-refractivity contribution >= 4 is 35.4 Å². The number of aliphatic hydroxyl groups is 1. The predicted octanol–water partition coefficient (Wildman–Crippen LogP) is 5.38. The first-order valence-corrected chi connectivity index (χ1v) is 10.7. The van der Waals surface area contributed by atoms with Gasteiger partial charge in [0.05, 0.1) is 28.8 Å². The van der Waals surface area contributed by atoms with E-state index in [9.17, 15) is 13.9 Å². The first-order chi connectivity index (χ1) is 15.8. The summed E-state index contributed by atoms with van der Waals surface area (Å²) >= 11 is 12.0. The van der Waals surface area contributed by atoms with Crippen molar-refractivity contribution in [3.63, 3.8) is 0 Å². The monoisotopic (exact) mass is 489 g/mol. The molecular weight excluding hydrogens is 471 g/mol. The van der Waals surface area contributed by atoms with Crippen molar-refractivity contribution in [3.05, 3.63) is 99.8 Å². The molecule has 2 aromatic carbocycles. The third-order valence-electron chi connectivity index (χ3n) is 5.39. The SMILES string of the molecule is CC(n1cc(C=Cc2ccc(Cl)c(Cl)c2)cn1)C(O)(Cn1cncn1)c1ccc(F)cc1F. The molecule has 0 radical (unpaired) electrons. The molecule has 33 heavy (non-hydrogen) atoms. The highest BCUT2D eigenvalue weighted by atomic mass is 35.5. The first-order valence-electron chi connectivity index (χ1n) is 9.94. The zero-order valence-corrected chi connectivity index (χ0v) is 18.9. The Kier molecular flexibility index (Phi) is 6.60. The Morgan fingerprint density at radius 2 is 1.85 bits per heavy atom. The maximum atomic E-state index is 14.7. The molecule has 4 rings (SSSR count). The molecule has 0 aliphatic rings. The van der Waals surface area contributed by atoms with Crippen LogP contribution >= 0.6 is 23.2 Å². The Labute approximate surface area is 198 Å². The van der Waals surface area contributed by atoms with Crippen LogP contribution in [0.3, 0.4) is 0 Å². The van der Waals surface area contributed by atoms with Crippen LogP contribution in [0.15, 0.2) is 61.4 Å². The van der Waals surface area contributed by atoms with Crippen LogP contribution in [-0.4, -0.2) is 29.7 Å². The molecule has 0 fully saturated rings. The van der Waals surface area contributed by atoms with Gasteiger partial charge in [0, 0.05) is 23.4 Å². The molecule has 0 amide bonds. The van der Waals surface area contributed by atoms with Gasteiger partial charge in [-0.05, 0) is 30.7 Å². The zero-order valence-electron chi connectivity index (χ0n) is 17.4. The van der Waals surface area contributed by atoms with Crippen LogP contribution in [-0.2, 0) is 12.1 Å². The molecule has 2 heterocycles. The summed E-state index contributed by atoms with van der Waals surface area (Å²) in [6, 6.07) is 7.60. The predicted molar refractivity (Wildman–Crippen MR) is 123 cm³/mol. The lowest BCUT2D eigenvalue weighted by atomic mass is 9.86. The van der Waals surface area contributed by atoms with Crippen LogP contribution in [0.2, 0.25) is 10.0 Å². The van der Waals surface area contributed by atoms with Gasteiger partial charge in [0.2, 0.25) is 0 Å². The molecule has 6 nitrogen and oxygen atoms in total. The van der Waals surface area contributed by atoms with Gasteiger partial charge in [-0.3, -0.25) is 4.68 Å². The number of aromatic nitrogens is 5. The van der Waals surface area contributed by atoms with Crippen LogP contribution < -0.4 is 0 Å². The number of hydrogen-bond acceptors (Lipinski definition) is 4. The van der Waals surface area contributed by atoms with E-state index in [-0.39, 0.29) is 12.1 Å². The van der Waals surface area contributed by atoms with Gasteiger partial charge in [0.15, 0.2) is 0 Å². The van der Waals surface area contributed by atoms with Gasteiger partial charge in [-0.15, -0.1) is 0 Å². The van der Waals surface area contributed by atoms with Gasteiger partial charge in [-0.1, -0.05) is 47.5 Å². The van der Waals surface area contributed by atoms with Crippen molar-refractivity contribution in [2.45, 2.75) is 25.1 Å². The minimum atomic E-state index is -1.80. The summed E-state index contributed by atoms with van der Waals surface area (Å²) in [6.45, 7) is 1.57. The van der Waals surface area contributed by atoms with Crippen molar-refractivity contribution in [1.82, 2.24) is 24.5 Å². The van der Waals surface area contributed by atoms with Crippen molar-refractivity contribution in [2.75, 3.05) is 0 Å². The van der Waals surface area contributed by atoms with Crippen LogP contribution in [0.4, 0.5) is 8.78 Å². The maximum Gasteiger partial charge on any atom is 0.137 e. The van der Waals surface area contributed by atoms with Crippen LogP contribution in [0.1, 0.15) is 29.7 Å². The Balaban J connectivity index is 1.65. The van der Waals surface area contributed by atoms with Gasteiger partial charge >= 0.3 is 0 Å².